The molecule has 0 radical (unpaired) electrons. The highest BCUT2D eigenvalue weighted by molar-refractivity contribution is 6.06. The number of anilines is 1. The van der Waals surface area contributed by atoms with Crippen molar-refractivity contribution in [1.29, 1.82) is 5.26 Å². The predicted octanol–water partition coefficient (Wildman–Crippen LogP) is 3.56. The van der Waals surface area contributed by atoms with Gasteiger partial charge in [0.1, 0.15) is 11.6 Å². The van der Waals surface area contributed by atoms with Crippen molar-refractivity contribution in [2.45, 2.75) is 64.6 Å². The summed E-state index contributed by atoms with van der Waals surface area (Å²) in [5.74, 6) is -0.225. The van der Waals surface area contributed by atoms with Crippen LogP contribution < -0.4 is 16.0 Å². The van der Waals surface area contributed by atoms with Gasteiger partial charge >= 0.3 is 0 Å². The maximum Gasteiger partial charge on any atom is 0.255 e. The molecule has 0 spiro atoms. The van der Waals surface area contributed by atoms with Crippen LogP contribution in [0.3, 0.4) is 0 Å². The molecule has 180 valence electrons. The third-order valence-corrected chi connectivity index (χ3v) is 6.02. The summed E-state index contributed by atoms with van der Waals surface area (Å²) in [5.41, 5.74) is 4.11. The lowest BCUT2D eigenvalue weighted by Crippen LogP contribution is -2.43. The normalized spacial score (nSPS) is 17.6. The molecule has 1 aliphatic carbocycles. The van der Waals surface area contributed by atoms with E-state index in [0.717, 1.165) is 25.7 Å². The van der Waals surface area contributed by atoms with Crippen LogP contribution in [0.5, 0.6) is 0 Å². The van der Waals surface area contributed by atoms with Gasteiger partial charge in [0.15, 0.2) is 0 Å². The molecule has 3 aromatic heterocycles. The van der Waals surface area contributed by atoms with Crippen molar-refractivity contribution in [2.24, 2.45) is 0 Å². The fraction of sp³-hybridized carbons (Fsp3) is 0.385. The smallest absolute Gasteiger partial charge is 0.255 e. The number of amides is 2. The van der Waals surface area contributed by atoms with Gasteiger partial charge in [-0.15, -0.1) is 0 Å². The van der Waals surface area contributed by atoms with E-state index >= 15 is 0 Å². The zero-order valence-corrected chi connectivity index (χ0v) is 20.1. The molecule has 9 nitrogen and oxygen atoms in total. The monoisotopic (exact) mass is 471 g/mol. The third-order valence-electron chi connectivity index (χ3n) is 6.02. The Balaban J connectivity index is 1.63. The van der Waals surface area contributed by atoms with Crippen LogP contribution in [0.2, 0.25) is 0 Å². The van der Waals surface area contributed by atoms with Gasteiger partial charge in [-0.25, -0.2) is 4.98 Å². The zero-order valence-electron chi connectivity index (χ0n) is 20.1. The maximum atomic E-state index is 13.3. The minimum absolute atomic E-state index is 0.0221. The van der Waals surface area contributed by atoms with Gasteiger partial charge in [0.25, 0.3) is 5.91 Å². The van der Waals surface area contributed by atoms with Crippen LogP contribution in [0.15, 0.2) is 36.8 Å². The largest absolute Gasteiger partial charge is 0.380 e. The molecule has 3 heterocycles. The Bertz CT molecular complexity index is 1290. The first-order valence-corrected chi connectivity index (χ1v) is 11.8. The number of hydrogen-bond acceptors (Lipinski definition) is 7. The molecule has 1 fully saturated rings. The number of aromatic nitrogens is 3. The lowest BCUT2D eigenvalue weighted by Gasteiger charge is -2.29. The Kier molecular flexibility index (Phi) is 7.20. The number of nitriles is 1. The molecule has 1 aliphatic rings. The Hall–Kier alpha value is -4.06. The summed E-state index contributed by atoms with van der Waals surface area (Å²) < 4.78 is 0. The molecular weight excluding hydrogens is 442 g/mol. The molecule has 0 atom stereocenters. The highest BCUT2D eigenvalue weighted by Gasteiger charge is 2.25. The summed E-state index contributed by atoms with van der Waals surface area (Å²) in [4.78, 5) is 38.1. The number of nitrogens with zero attached hydrogens (tertiary/aromatic N) is 4. The van der Waals surface area contributed by atoms with Crippen LogP contribution in [0.1, 0.15) is 62.4 Å². The van der Waals surface area contributed by atoms with Crippen LogP contribution in [-0.2, 0) is 4.79 Å². The first-order valence-electron chi connectivity index (χ1n) is 11.8. The molecule has 3 N–H and O–H groups in total. The van der Waals surface area contributed by atoms with Gasteiger partial charge in [0.05, 0.1) is 28.0 Å². The van der Waals surface area contributed by atoms with E-state index in [0.29, 0.717) is 39.1 Å². The van der Waals surface area contributed by atoms with E-state index in [9.17, 15) is 14.9 Å². The summed E-state index contributed by atoms with van der Waals surface area (Å²) in [6.07, 6.45) is 8.02. The van der Waals surface area contributed by atoms with Gasteiger partial charge in [-0.3, -0.25) is 19.6 Å². The highest BCUT2D eigenvalue weighted by Crippen LogP contribution is 2.29. The molecule has 0 aliphatic heterocycles. The summed E-state index contributed by atoms with van der Waals surface area (Å²) in [5, 5.41) is 18.7. The van der Waals surface area contributed by atoms with Crippen molar-refractivity contribution in [3.05, 3.63) is 47.9 Å². The van der Waals surface area contributed by atoms with Crippen molar-refractivity contribution < 1.29 is 9.59 Å². The summed E-state index contributed by atoms with van der Waals surface area (Å²) >= 11 is 0. The average molecular weight is 472 g/mol. The minimum Gasteiger partial charge on any atom is -0.380 e. The van der Waals surface area contributed by atoms with E-state index in [1.807, 2.05) is 26.0 Å². The first kappa shape index (κ1) is 24.1. The molecule has 9 heteroatoms. The number of hydrogen-bond donors (Lipinski definition) is 3. The first-order chi connectivity index (χ1) is 16.8. The lowest BCUT2D eigenvalue weighted by atomic mass is 9.91. The van der Waals surface area contributed by atoms with E-state index in [1.165, 1.54) is 13.1 Å². The van der Waals surface area contributed by atoms with Crippen molar-refractivity contribution in [2.75, 3.05) is 5.32 Å². The number of fused-ring (bicyclic) bond motifs is 1. The van der Waals surface area contributed by atoms with Gasteiger partial charge in [0, 0.05) is 49.2 Å². The van der Waals surface area contributed by atoms with Gasteiger partial charge < -0.3 is 16.0 Å². The number of carbonyl (C=O) groups is 2. The van der Waals surface area contributed by atoms with E-state index in [-0.39, 0.29) is 29.9 Å². The third kappa shape index (κ3) is 5.72. The lowest BCUT2D eigenvalue weighted by molar-refractivity contribution is -0.119. The van der Waals surface area contributed by atoms with Gasteiger partial charge in [-0.05, 0) is 57.7 Å². The second-order valence-electron chi connectivity index (χ2n) is 9.21. The van der Waals surface area contributed by atoms with Crippen molar-refractivity contribution in [3.63, 3.8) is 0 Å². The Morgan fingerprint density at radius 3 is 2.43 bits per heavy atom. The summed E-state index contributed by atoms with van der Waals surface area (Å²) in [6, 6.07) is 7.78. The molecule has 2 amide bonds. The van der Waals surface area contributed by atoms with Crippen molar-refractivity contribution in [3.8, 4) is 17.3 Å². The molecule has 1 saturated carbocycles. The molecule has 35 heavy (non-hydrogen) atoms. The van der Waals surface area contributed by atoms with Crippen molar-refractivity contribution in [1.82, 2.24) is 25.6 Å². The fourth-order valence-electron chi connectivity index (χ4n) is 4.41. The summed E-state index contributed by atoms with van der Waals surface area (Å²) in [6.45, 7) is 5.53. The van der Waals surface area contributed by atoms with E-state index in [1.54, 1.807) is 18.5 Å². The summed E-state index contributed by atoms with van der Waals surface area (Å²) in [7, 11) is 0. The number of rotatable bonds is 6. The van der Waals surface area contributed by atoms with E-state index < -0.39 is 0 Å². The molecule has 0 unspecified atom stereocenters. The average Bonchev–Trinajstić information content (AvgIpc) is 2.84. The second kappa shape index (κ2) is 10.5. The second-order valence-corrected chi connectivity index (χ2v) is 9.21. The van der Waals surface area contributed by atoms with Crippen molar-refractivity contribution >= 4 is 28.5 Å². The standard InChI is InChI=1S/C26H29N7O2/c1-15(2)30-24-21(26(35)32-20-6-4-19(5-7-20)31-16(3)34)14-29-23-9-8-22(33-25(23)24)18-10-17(11-27)12-28-13-18/h8-10,12-15,19-20H,4-7H2,1-3H3,(H,29,30)(H,31,34)(H,32,35)/t19-,20-. The van der Waals surface area contributed by atoms with Gasteiger partial charge in [-0.1, -0.05) is 0 Å². The molecule has 0 bridgehead atoms. The topological polar surface area (TPSA) is 133 Å². The van der Waals surface area contributed by atoms with Gasteiger partial charge in [-0.2, -0.15) is 5.26 Å². The number of nitrogens with one attached hydrogen (secondary N) is 3. The molecule has 0 aromatic carbocycles. The molecule has 0 saturated heterocycles. The number of carbonyl (C=O) groups excluding carboxylic acids is 2. The Morgan fingerprint density at radius 2 is 1.77 bits per heavy atom. The fourth-order valence-corrected chi connectivity index (χ4v) is 4.41. The quantitative estimate of drug-likeness (QED) is 0.501. The molecular formula is C26H29N7O2. The maximum absolute atomic E-state index is 13.3. The predicted molar refractivity (Wildman–Crippen MR) is 134 cm³/mol. The molecule has 4 rings (SSSR count). The van der Waals surface area contributed by atoms with Crippen LogP contribution in [0, 0.1) is 11.3 Å². The van der Waals surface area contributed by atoms with Gasteiger partial charge in [0.2, 0.25) is 5.91 Å². The van der Waals surface area contributed by atoms with Crippen LogP contribution in [-0.4, -0.2) is 44.9 Å². The van der Waals surface area contributed by atoms with E-state index in [2.05, 4.69) is 32.0 Å². The Morgan fingerprint density at radius 1 is 1.06 bits per heavy atom. The van der Waals surface area contributed by atoms with E-state index in [4.69, 9.17) is 4.98 Å². The number of pyridine rings is 3. The Labute approximate surface area is 204 Å². The van der Waals surface area contributed by atoms with Crippen LogP contribution in [0.4, 0.5) is 5.69 Å². The highest BCUT2D eigenvalue weighted by atomic mass is 16.2. The van der Waals surface area contributed by atoms with Crippen LogP contribution >= 0.6 is 0 Å². The molecule has 3 aromatic rings. The zero-order chi connectivity index (χ0) is 24.9. The minimum atomic E-state index is -0.203. The van der Waals surface area contributed by atoms with Crippen LogP contribution in [0.25, 0.3) is 22.3 Å². The SMILES string of the molecule is CC(=O)N[C@H]1CC[C@H](NC(=O)c2cnc3ccc(-c4cncc(C#N)c4)nc3c2NC(C)C)CC1.